The fourth-order valence-electron chi connectivity index (χ4n) is 4.60. The average molecular weight is 370 g/mol. The largest absolute Gasteiger partial charge is 0.507 e. The molecule has 2 aliphatic heterocycles. The number of nitrogens with zero attached hydrogens (tertiary/aromatic N) is 3. The van der Waals surface area contributed by atoms with E-state index in [9.17, 15) is 15.0 Å². The number of phenols is 1. The summed E-state index contributed by atoms with van der Waals surface area (Å²) >= 11 is 0. The first-order valence-corrected chi connectivity index (χ1v) is 9.45. The zero-order chi connectivity index (χ0) is 19.0. The summed E-state index contributed by atoms with van der Waals surface area (Å²) in [4.78, 5) is 16.9. The Morgan fingerprint density at radius 3 is 2.74 bits per heavy atom. The first kappa shape index (κ1) is 18.0. The van der Waals surface area contributed by atoms with Crippen molar-refractivity contribution in [3.63, 3.8) is 0 Å². The number of β-amino-alcohol motifs (C(OH)–C–C–N with tert-alkyl or cyclic N) is 1. The van der Waals surface area contributed by atoms with E-state index in [2.05, 4.69) is 15.1 Å². The van der Waals surface area contributed by atoms with Crippen LogP contribution in [-0.4, -0.2) is 75.4 Å². The third-order valence-corrected chi connectivity index (χ3v) is 5.90. The predicted molar refractivity (Wildman–Crippen MR) is 101 cm³/mol. The molecule has 2 aromatic rings. The molecule has 0 aliphatic carbocycles. The number of phenolic OH excluding ortho intramolecular Hbond substituents is 1. The zero-order valence-electron chi connectivity index (χ0n) is 15.6. The molecule has 0 radical (unpaired) electrons. The Kier molecular flexibility index (Phi) is 4.65. The van der Waals surface area contributed by atoms with Gasteiger partial charge in [0.1, 0.15) is 11.4 Å². The number of likely N-dealkylation sites (N-methyl/N-ethyl adjacent to an activating group) is 1. The molecule has 1 aromatic carbocycles. The number of aromatic hydroxyl groups is 1. The van der Waals surface area contributed by atoms with Gasteiger partial charge >= 0.3 is 0 Å². The Bertz CT molecular complexity index is 814. The Balaban J connectivity index is 1.44. The van der Waals surface area contributed by atoms with Gasteiger partial charge in [-0.15, -0.1) is 0 Å². The number of H-pyrrole nitrogens is 1. The Morgan fingerprint density at radius 1 is 1.30 bits per heavy atom. The van der Waals surface area contributed by atoms with E-state index < -0.39 is 0 Å². The normalized spacial score (nSPS) is 22.9. The summed E-state index contributed by atoms with van der Waals surface area (Å²) in [6.07, 6.45) is 2.35. The number of aliphatic hydroxyl groups is 1. The number of hydrogen-bond acceptors (Lipinski definition) is 5. The number of aliphatic hydroxyl groups excluding tert-OH is 1. The molecule has 1 unspecified atom stereocenters. The van der Waals surface area contributed by atoms with Gasteiger partial charge in [-0.1, -0.05) is 12.1 Å². The average Bonchev–Trinajstić information content (AvgIpc) is 3.11. The van der Waals surface area contributed by atoms with Crippen LogP contribution in [-0.2, 0) is 0 Å². The van der Waals surface area contributed by atoms with E-state index in [1.54, 1.807) is 24.3 Å². The number of amides is 1. The minimum absolute atomic E-state index is 0.0660. The van der Waals surface area contributed by atoms with Crippen molar-refractivity contribution in [3.8, 4) is 17.0 Å². The quantitative estimate of drug-likeness (QED) is 0.748. The van der Waals surface area contributed by atoms with E-state index in [1.807, 2.05) is 18.0 Å². The molecule has 144 valence electrons. The highest BCUT2D eigenvalue weighted by Gasteiger charge is 2.41. The summed E-state index contributed by atoms with van der Waals surface area (Å²) in [5, 5.41) is 27.1. The van der Waals surface area contributed by atoms with Gasteiger partial charge in [0.05, 0.1) is 11.8 Å². The van der Waals surface area contributed by atoms with Gasteiger partial charge in [0, 0.05) is 31.7 Å². The number of carbonyl (C=O) groups excluding carboxylic acids is 1. The summed E-state index contributed by atoms with van der Waals surface area (Å²) in [7, 11) is 2.05. The lowest BCUT2D eigenvalue weighted by molar-refractivity contribution is -0.0287. The molecule has 4 rings (SSSR count). The third kappa shape index (κ3) is 3.57. The van der Waals surface area contributed by atoms with Crippen molar-refractivity contribution in [2.75, 3.05) is 33.2 Å². The van der Waals surface area contributed by atoms with Gasteiger partial charge in [-0.25, -0.2) is 0 Å². The van der Waals surface area contributed by atoms with Crippen molar-refractivity contribution >= 4 is 5.91 Å². The van der Waals surface area contributed by atoms with Gasteiger partial charge in [0.25, 0.3) is 5.91 Å². The van der Waals surface area contributed by atoms with Gasteiger partial charge in [0.15, 0.2) is 0 Å². The first-order chi connectivity index (χ1) is 13.0. The Hall–Kier alpha value is -2.38. The molecule has 1 aromatic heterocycles. The molecular weight excluding hydrogens is 344 g/mol. The molecule has 3 N–H and O–H groups in total. The molecule has 0 saturated carbocycles. The number of rotatable bonds is 2. The van der Waals surface area contributed by atoms with Gasteiger partial charge in [-0.3, -0.25) is 9.89 Å². The van der Waals surface area contributed by atoms with Crippen LogP contribution < -0.4 is 0 Å². The number of piperidine rings is 2. The van der Waals surface area contributed by atoms with Crippen LogP contribution >= 0.6 is 0 Å². The molecule has 2 aliphatic rings. The van der Waals surface area contributed by atoms with Crippen LogP contribution in [0.25, 0.3) is 11.3 Å². The molecule has 7 nitrogen and oxygen atoms in total. The number of likely N-dealkylation sites (tertiary alicyclic amines) is 2. The van der Waals surface area contributed by atoms with Crippen LogP contribution in [0, 0.1) is 5.41 Å². The molecular formula is C20H26N4O3. The lowest BCUT2D eigenvalue weighted by Crippen LogP contribution is -2.53. The standard InChI is InChI=1S/C20H26N4O3/c1-23-12-14(25)11-20(13-23)6-8-24(9-7-20)19(27)17-10-16(21-22-17)15-4-2-3-5-18(15)26/h2-5,10,14,25-26H,6-9,11-13H2,1H3,(H,21,22). The fourth-order valence-corrected chi connectivity index (χ4v) is 4.60. The first-order valence-electron chi connectivity index (χ1n) is 9.45. The van der Waals surface area contributed by atoms with Crippen molar-refractivity contribution in [1.29, 1.82) is 0 Å². The highest BCUT2D eigenvalue weighted by molar-refractivity contribution is 5.93. The van der Waals surface area contributed by atoms with E-state index >= 15 is 0 Å². The number of carbonyl (C=O) groups is 1. The van der Waals surface area contributed by atoms with Gasteiger partial charge < -0.3 is 20.0 Å². The third-order valence-electron chi connectivity index (χ3n) is 5.90. The predicted octanol–water partition coefficient (Wildman–Crippen LogP) is 1.70. The van der Waals surface area contributed by atoms with Crippen LogP contribution in [0.3, 0.4) is 0 Å². The van der Waals surface area contributed by atoms with Gasteiger partial charge in [-0.2, -0.15) is 5.10 Å². The maximum absolute atomic E-state index is 12.9. The molecule has 0 bridgehead atoms. The van der Waals surface area contributed by atoms with Crippen molar-refractivity contribution < 1.29 is 15.0 Å². The lowest BCUT2D eigenvalue weighted by Gasteiger charge is -2.48. The highest BCUT2D eigenvalue weighted by atomic mass is 16.3. The maximum Gasteiger partial charge on any atom is 0.271 e. The van der Waals surface area contributed by atoms with E-state index in [4.69, 9.17) is 0 Å². The van der Waals surface area contributed by atoms with Crippen molar-refractivity contribution in [3.05, 3.63) is 36.0 Å². The topological polar surface area (TPSA) is 92.7 Å². The van der Waals surface area contributed by atoms with Crippen LogP contribution in [0.2, 0.25) is 0 Å². The van der Waals surface area contributed by atoms with Crippen LogP contribution in [0.4, 0.5) is 0 Å². The number of benzene rings is 1. The molecule has 27 heavy (non-hydrogen) atoms. The summed E-state index contributed by atoms with van der Waals surface area (Å²) in [6.45, 7) is 3.08. The molecule has 1 amide bonds. The van der Waals surface area contributed by atoms with E-state index in [0.29, 0.717) is 30.0 Å². The second-order valence-corrected chi connectivity index (χ2v) is 8.03. The Morgan fingerprint density at radius 2 is 2.04 bits per heavy atom. The van der Waals surface area contributed by atoms with Gasteiger partial charge in [0.2, 0.25) is 0 Å². The van der Waals surface area contributed by atoms with Crippen LogP contribution in [0.1, 0.15) is 29.8 Å². The van der Waals surface area contributed by atoms with Gasteiger partial charge in [-0.05, 0) is 49.9 Å². The maximum atomic E-state index is 12.9. The molecule has 2 saturated heterocycles. The molecule has 3 heterocycles. The zero-order valence-corrected chi connectivity index (χ0v) is 15.6. The minimum atomic E-state index is -0.278. The number of hydrogen-bond donors (Lipinski definition) is 3. The van der Waals surface area contributed by atoms with E-state index in [-0.39, 0.29) is 23.2 Å². The smallest absolute Gasteiger partial charge is 0.271 e. The SMILES string of the molecule is CN1CC(O)CC2(CCN(C(=O)c3cc(-c4ccccc4O)n[nH]3)CC2)C1. The number of aromatic amines is 1. The number of aromatic nitrogens is 2. The van der Waals surface area contributed by atoms with Crippen molar-refractivity contribution in [2.24, 2.45) is 5.41 Å². The second-order valence-electron chi connectivity index (χ2n) is 8.03. The summed E-state index contributed by atoms with van der Waals surface area (Å²) in [5.41, 5.74) is 1.70. The second kappa shape index (κ2) is 6.98. The monoisotopic (exact) mass is 370 g/mol. The molecule has 1 atom stereocenters. The summed E-state index contributed by atoms with van der Waals surface area (Å²) in [6, 6.07) is 8.64. The number of nitrogens with one attached hydrogen (secondary N) is 1. The van der Waals surface area contributed by atoms with E-state index in [1.165, 1.54) is 0 Å². The molecule has 1 spiro atoms. The minimum Gasteiger partial charge on any atom is -0.507 e. The molecule has 7 heteroatoms. The highest BCUT2D eigenvalue weighted by Crippen LogP contribution is 2.39. The van der Waals surface area contributed by atoms with Crippen LogP contribution in [0.5, 0.6) is 5.75 Å². The van der Waals surface area contributed by atoms with E-state index in [0.717, 1.165) is 32.4 Å². The van der Waals surface area contributed by atoms with Crippen molar-refractivity contribution in [2.45, 2.75) is 25.4 Å². The fraction of sp³-hybridized carbons (Fsp3) is 0.500. The summed E-state index contributed by atoms with van der Waals surface area (Å²) < 4.78 is 0. The lowest BCUT2D eigenvalue weighted by atomic mass is 9.71. The van der Waals surface area contributed by atoms with Crippen LogP contribution in [0.15, 0.2) is 30.3 Å². The number of para-hydroxylation sites is 1. The summed E-state index contributed by atoms with van der Waals surface area (Å²) in [5.74, 6) is 0.0756. The Labute approximate surface area is 158 Å². The molecule has 2 fully saturated rings. The van der Waals surface area contributed by atoms with Crippen molar-refractivity contribution in [1.82, 2.24) is 20.0 Å².